The summed E-state index contributed by atoms with van der Waals surface area (Å²) >= 11 is 0. The number of nitrogens with one attached hydrogen (secondary N) is 1. The average molecular weight is 229 g/mol. The number of aryl methyl sites for hydroxylation is 1. The maximum atomic E-state index is 11.8. The van der Waals surface area contributed by atoms with Crippen molar-refractivity contribution in [1.29, 1.82) is 0 Å². The van der Waals surface area contributed by atoms with Crippen LogP contribution in [-0.4, -0.2) is 29.4 Å². The van der Waals surface area contributed by atoms with Crippen LogP contribution in [0, 0.1) is 0 Å². The molecule has 84 valence electrons. The number of rotatable bonds is 2. The van der Waals surface area contributed by atoms with Gasteiger partial charge in [-0.25, -0.2) is 13.4 Å². The molecule has 2 rings (SSSR count). The third-order valence-corrected chi connectivity index (χ3v) is 4.92. The van der Waals surface area contributed by atoms with Crippen molar-refractivity contribution in [3.05, 3.63) is 11.6 Å². The molecule has 1 saturated heterocycles. The Morgan fingerprint density at radius 2 is 2.27 bits per heavy atom. The fraction of sp³-hybridized carbons (Fsp3) is 0.778. The second kappa shape index (κ2) is 3.92. The van der Waals surface area contributed by atoms with E-state index >= 15 is 0 Å². The Hall–Kier alpha value is -0.910. The van der Waals surface area contributed by atoms with Gasteiger partial charge in [0.1, 0.15) is 11.1 Å². The number of sulfone groups is 1. The zero-order chi connectivity index (χ0) is 10.9. The largest absolute Gasteiger partial charge is 0.263 e. The quantitative estimate of drug-likeness (QED) is 0.821. The van der Waals surface area contributed by atoms with Crippen molar-refractivity contribution < 1.29 is 8.42 Å². The van der Waals surface area contributed by atoms with Gasteiger partial charge in [-0.15, -0.1) is 0 Å². The van der Waals surface area contributed by atoms with Crippen LogP contribution in [0.2, 0.25) is 0 Å². The van der Waals surface area contributed by atoms with Crippen LogP contribution < -0.4 is 0 Å². The highest BCUT2D eigenvalue weighted by Crippen LogP contribution is 2.31. The van der Waals surface area contributed by atoms with Gasteiger partial charge in [0.2, 0.25) is 0 Å². The highest BCUT2D eigenvalue weighted by molar-refractivity contribution is 7.91. The Kier molecular flexibility index (Phi) is 2.77. The fourth-order valence-electron chi connectivity index (χ4n) is 1.86. The van der Waals surface area contributed by atoms with Crippen LogP contribution in [0.15, 0.2) is 0 Å². The minimum absolute atomic E-state index is 0.271. The molecular weight excluding hydrogens is 214 g/mol. The van der Waals surface area contributed by atoms with Gasteiger partial charge in [-0.3, -0.25) is 5.10 Å². The first kappa shape index (κ1) is 10.6. The summed E-state index contributed by atoms with van der Waals surface area (Å²) in [7, 11) is -3.02. The molecule has 1 aromatic heterocycles. The van der Waals surface area contributed by atoms with E-state index in [1.54, 1.807) is 0 Å². The van der Waals surface area contributed by atoms with E-state index in [1.807, 2.05) is 6.92 Å². The second-order valence-electron chi connectivity index (χ2n) is 3.85. The lowest BCUT2D eigenvalue weighted by molar-refractivity contribution is 0.539. The van der Waals surface area contributed by atoms with Crippen LogP contribution in [0.25, 0.3) is 0 Å². The smallest absolute Gasteiger partial charge is 0.168 e. The van der Waals surface area contributed by atoms with Crippen molar-refractivity contribution >= 4 is 9.84 Å². The Bertz CT molecular complexity index is 438. The zero-order valence-electron chi connectivity index (χ0n) is 8.73. The molecule has 1 fully saturated rings. The van der Waals surface area contributed by atoms with Gasteiger partial charge in [0.15, 0.2) is 15.7 Å². The number of hydrogen-bond acceptors (Lipinski definition) is 4. The molecule has 0 amide bonds. The lowest BCUT2D eigenvalue weighted by Crippen LogP contribution is -2.22. The molecule has 1 N–H and O–H groups in total. The predicted octanol–water partition coefficient (Wildman–Crippen LogP) is 1.01. The Balaban J connectivity index is 2.29. The Labute approximate surface area is 89.2 Å². The van der Waals surface area contributed by atoms with E-state index in [4.69, 9.17) is 0 Å². The predicted molar refractivity (Wildman–Crippen MR) is 56.1 cm³/mol. The number of aromatic amines is 1. The van der Waals surface area contributed by atoms with Gasteiger partial charge < -0.3 is 0 Å². The van der Waals surface area contributed by atoms with Crippen LogP contribution >= 0.6 is 0 Å². The average Bonchev–Trinajstić information content (AvgIpc) is 2.65. The van der Waals surface area contributed by atoms with E-state index in [-0.39, 0.29) is 5.75 Å². The molecule has 0 saturated carbocycles. The number of H-pyrrole nitrogens is 1. The van der Waals surface area contributed by atoms with Crippen LogP contribution in [0.4, 0.5) is 0 Å². The molecule has 0 radical (unpaired) electrons. The van der Waals surface area contributed by atoms with E-state index in [1.165, 1.54) is 0 Å². The lowest BCUT2D eigenvalue weighted by Gasteiger charge is -2.19. The summed E-state index contributed by atoms with van der Waals surface area (Å²) in [5.41, 5.74) is 0. The molecule has 2 heterocycles. The molecule has 6 heteroatoms. The highest BCUT2D eigenvalue weighted by Gasteiger charge is 2.33. The molecule has 0 aromatic carbocycles. The van der Waals surface area contributed by atoms with Crippen molar-refractivity contribution in [2.75, 3.05) is 5.75 Å². The van der Waals surface area contributed by atoms with Crippen LogP contribution in [0.3, 0.4) is 0 Å². The van der Waals surface area contributed by atoms with Crippen molar-refractivity contribution in [1.82, 2.24) is 15.2 Å². The Morgan fingerprint density at radius 3 is 2.87 bits per heavy atom. The summed E-state index contributed by atoms with van der Waals surface area (Å²) in [6, 6.07) is 0. The molecule has 5 nitrogen and oxygen atoms in total. The Morgan fingerprint density at radius 1 is 1.47 bits per heavy atom. The normalized spacial score (nSPS) is 25.3. The van der Waals surface area contributed by atoms with Crippen molar-refractivity contribution in [3.8, 4) is 0 Å². The summed E-state index contributed by atoms with van der Waals surface area (Å²) in [4.78, 5) is 4.20. The van der Waals surface area contributed by atoms with E-state index in [0.29, 0.717) is 12.2 Å². The summed E-state index contributed by atoms with van der Waals surface area (Å²) in [5, 5.41) is 6.27. The molecule has 1 aromatic rings. The molecule has 1 aliphatic rings. The van der Waals surface area contributed by atoms with Gasteiger partial charge in [-0.1, -0.05) is 13.3 Å². The van der Waals surface area contributed by atoms with E-state index < -0.39 is 15.1 Å². The minimum atomic E-state index is -3.02. The van der Waals surface area contributed by atoms with Crippen molar-refractivity contribution in [2.45, 2.75) is 37.9 Å². The van der Waals surface area contributed by atoms with Gasteiger partial charge in [-0.2, -0.15) is 5.10 Å². The van der Waals surface area contributed by atoms with E-state index in [0.717, 1.165) is 25.1 Å². The summed E-state index contributed by atoms with van der Waals surface area (Å²) in [6.45, 7) is 1.96. The summed E-state index contributed by atoms with van der Waals surface area (Å²) < 4.78 is 23.6. The van der Waals surface area contributed by atoms with Gasteiger partial charge in [0, 0.05) is 6.42 Å². The maximum absolute atomic E-state index is 11.8. The van der Waals surface area contributed by atoms with Crippen LogP contribution in [0.1, 0.15) is 43.1 Å². The lowest BCUT2D eigenvalue weighted by atomic mass is 10.2. The topological polar surface area (TPSA) is 75.7 Å². The van der Waals surface area contributed by atoms with Gasteiger partial charge in [0.05, 0.1) is 5.75 Å². The molecule has 0 bridgehead atoms. The van der Waals surface area contributed by atoms with Crippen molar-refractivity contribution in [3.63, 3.8) is 0 Å². The zero-order valence-corrected chi connectivity index (χ0v) is 9.55. The standard InChI is InChI=1S/C9H15N3O2S/c1-2-8-10-9(12-11-8)7-5-3-4-6-15(7,13)14/h7H,2-6H2,1H3,(H,10,11,12). The fourth-order valence-corrected chi connectivity index (χ4v) is 3.70. The van der Waals surface area contributed by atoms with Gasteiger partial charge in [0.25, 0.3) is 0 Å². The molecule has 1 unspecified atom stereocenters. The molecule has 15 heavy (non-hydrogen) atoms. The third kappa shape index (κ3) is 2.04. The molecule has 1 atom stereocenters. The first-order valence-electron chi connectivity index (χ1n) is 5.26. The SMILES string of the molecule is CCc1nc(C2CCCCS2(=O)=O)n[nH]1. The number of hydrogen-bond donors (Lipinski definition) is 1. The minimum Gasteiger partial charge on any atom is -0.263 e. The summed E-state index contributed by atoms with van der Waals surface area (Å²) in [6.07, 6.45) is 3.12. The molecule has 0 spiro atoms. The first-order chi connectivity index (χ1) is 7.13. The van der Waals surface area contributed by atoms with Gasteiger partial charge in [-0.05, 0) is 12.8 Å². The summed E-state index contributed by atoms with van der Waals surface area (Å²) in [5.74, 6) is 1.48. The second-order valence-corrected chi connectivity index (χ2v) is 6.15. The monoisotopic (exact) mass is 229 g/mol. The van der Waals surface area contributed by atoms with Crippen LogP contribution in [-0.2, 0) is 16.3 Å². The molecule has 0 aliphatic carbocycles. The van der Waals surface area contributed by atoms with Crippen molar-refractivity contribution in [2.24, 2.45) is 0 Å². The number of aromatic nitrogens is 3. The first-order valence-corrected chi connectivity index (χ1v) is 6.98. The maximum Gasteiger partial charge on any atom is 0.168 e. The van der Waals surface area contributed by atoms with Crippen LogP contribution in [0.5, 0.6) is 0 Å². The highest BCUT2D eigenvalue weighted by atomic mass is 32.2. The van der Waals surface area contributed by atoms with E-state index in [2.05, 4.69) is 15.2 Å². The number of nitrogens with zero attached hydrogens (tertiary/aromatic N) is 2. The molecular formula is C9H15N3O2S. The third-order valence-electron chi connectivity index (χ3n) is 2.75. The van der Waals surface area contributed by atoms with Gasteiger partial charge >= 0.3 is 0 Å². The van der Waals surface area contributed by atoms with E-state index in [9.17, 15) is 8.42 Å². The molecule has 1 aliphatic heterocycles.